The molecule has 0 saturated carbocycles. The Kier molecular flexibility index (Phi) is 5.15. The van der Waals surface area contributed by atoms with Crippen molar-refractivity contribution in [2.24, 2.45) is 0 Å². The van der Waals surface area contributed by atoms with Crippen LogP contribution in [0.25, 0.3) is 22.3 Å². The van der Waals surface area contributed by atoms with Gasteiger partial charge in [-0.15, -0.1) is 6.58 Å². The van der Waals surface area contributed by atoms with Gasteiger partial charge in [-0.05, 0) is 35.6 Å². The van der Waals surface area contributed by atoms with E-state index in [0.29, 0.717) is 11.5 Å². The first-order valence-electron chi connectivity index (χ1n) is 9.81. The minimum absolute atomic E-state index is 0.183. The second kappa shape index (κ2) is 7.75. The summed E-state index contributed by atoms with van der Waals surface area (Å²) < 4.78 is 5.42. The topological polar surface area (TPSA) is 90.0 Å². The lowest BCUT2D eigenvalue weighted by molar-refractivity contribution is 0.122. The molecule has 7 heteroatoms. The van der Waals surface area contributed by atoms with Gasteiger partial charge in [0.2, 0.25) is 0 Å². The summed E-state index contributed by atoms with van der Waals surface area (Å²) in [7, 11) is 0. The van der Waals surface area contributed by atoms with Crippen LogP contribution in [0.3, 0.4) is 0 Å². The van der Waals surface area contributed by atoms with Gasteiger partial charge in [0, 0.05) is 24.8 Å². The number of hydrogen-bond acceptors (Lipinski definition) is 7. The lowest BCUT2D eigenvalue weighted by atomic mass is 9.79. The summed E-state index contributed by atoms with van der Waals surface area (Å²) in [5.74, 6) is 1.40. The molecular formula is C22H26N6O. The van der Waals surface area contributed by atoms with Gasteiger partial charge in [-0.3, -0.25) is 0 Å². The summed E-state index contributed by atoms with van der Waals surface area (Å²) in [5, 5.41) is 0.806. The minimum atomic E-state index is -0.183. The van der Waals surface area contributed by atoms with E-state index in [9.17, 15) is 0 Å². The highest BCUT2D eigenvalue weighted by Gasteiger charge is 2.25. The van der Waals surface area contributed by atoms with E-state index in [0.717, 1.165) is 60.7 Å². The number of fused-ring (bicyclic) bond motifs is 1. The molecule has 3 aromatic rings. The molecule has 29 heavy (non-hydrogen) atoms. The largest absolute Gasteiger partial charge is 0.383 e. The number of morpholine rings is 1. The van der Waals surface area contributed by atoms with Crippen molar-refractivity contribution in [1.82, 2.24) is 19.9 Å². The molecule has 0 aromatic carbocycles. The fraction of sp³-hybridized carbons (Fsp3) is 0.364. The van der Waals surface area contributed by atoms with Gasteiger partial charge in [0.1, 0.15) is 18.0 Å². The Morgan fingerprint density at radius 3 is 2.69 bits per heavy atom. The van der Waals surface area contributed by atoms with Gasteiger partial charge in [0.15, 0.2) is 5.65 Å². The Balaban J connectivity index is 1.79. The van der Waals surface area contributed by atoms with Crippen LogP contribution in [0.2, 0.25) is 0 Å². The number of anilines is 2. The molecule has 0 spiro atoms. The molecule has 0 aliphatic carbocycles. The van der Waals surface area contributed by atoms with E-state index in [-0.39, 0.29) is 5.41 Å². The average Bonchev–Trinajstić information content (AvgIpc) is 2.74. The lowest BCUT2D eigenvalue weighted by Gasteiger charge is -2.28. The second-order valence-electron chi connectivity index (χ2n) is 7.89. The molecule has 0 bridgehead atoms. The molecular weight excluding hydrogens is 364 g/mol. The van der Waals surface area contributed by atoms with Crippen LogP contribution in [0.1, 0.15) is 25.8 Å². The van der Waals surface area contributed by atoms with Crippen molar-refractivity contribution >= 4 is 22.7 Å². The Morgan fingerprint density at radius 2 is 2.00 bits per heavy atom. The van der Waals surface area contributed by atoms with Gasteiger partial charge in [-0.1, -0.05) is 19.9 Å². The zero-order chi connectivity index (χ0) is 20.4. The first kappa shape index (κ1) is 19.3. The molecule has 7 nitrogen and oxygen atoms in total. The monoisotopic (exact) mass is 390 g/mol. The molecule has 3 aromatic heterocycles. The summed E-state index contributed by atoms with van der Waals surface area (Å²) in [6, 6.07) is 6.17. The SMILES string of the molecule is C=CCC(C)(C)c1cc(-c2ccc(N3CCOCC3)nc2)nc2ncnc(N)c12. The number of pyridine rings is 2. The van der Waals surface area contributed by atoms with Crippen LogP contribution in [0.5, 0.6) is 0 Å². The first-order chi connectivity index (χ1) is 14.0. The Bertz CT molecular complexity index is 1030. The normalized spacial score (nSPS) is 14.9. The third-order valence-corrected chi connectivity index (χ3v) is 5.40. The molecule has 1 aliphatic heterocycles. The third-order valence-electron chi connectivity index (χ3n) is 5.40. The zero-order valence-electron chi connectivity index (χ0n) is 16.9. The van der Waals surface area contributed by atoms with Gasteiger partial charge in [0.05, 0.1) is 24.3 Å². The third kappa shape index (κ3) is 3.78. The number of ether oxygens (including phenoxy) is 1. The number of nitrogens with zero attached hydrogens (tertiary/aromatic N) is 5. The smallest absolute Gasteiger partial charge is 0.165 e. The fourth-order valence-electron chi connectivity index (χ4n) is 3.76. The Labute approximate surface area is 170 Å². The predicted octanol–water partition coefficient (Wildman–Crippen LogP) is 3.36. The molecule has 0 radical (unpaired) electrons. The highest BCUT2D eigenvalue weighted by atomic mass is 16.5. The second-order valence-corrected chi connectivity index (χ2v) is 7.89. The van der Waals surface area contributed by atoms with Gasteiger partial charge in [-0.2, -0.15) is 0 Å². The van der Waals surface area contributed by atoms with E-state index in [1.54, 1.807) is 0 Å². The summed E-state index contributed by atoms with van der Waals surface area (Å²) in [6.07, 6.45) is 6.05. The summed E-state index contributed by atoms with van der Waals surface area (Å²) >= 11 is 0. The van der Waals surface area contributed by atoms with E-state index >= 15 is 0 Å². The highest BCUT2D eigenvalue weighted by molar-refractivity contribution is 5.91. The van der Waals surface area contributed by atoms with Crippen LogP contribution in [0.15, 0.2) is 43.4 Å². The molecule has 1 fully saturated rings. The van der Waals surface area contributed by atoms with Crippen molar-refractivity contribution in [3.8, 4) is 11.3 Å². The van der Waals surface area contributed by atoms with Crippen molar-refractivity contribution < 1.29 is 4.74 Å². The standard InChI is InChI=1S/C22H26N6O/c1-4-7-22(2,3)16-12-17(27-21-19(16)20(23)25-14-26-21)15-5-6-18(24-13-15)28-8-10-29-11-9-28/h4-6,12-14H,1,7-11H2,2-3H3,(H2,23,25,26,27). The van der Waals surface area contributed by atoms with Crippen molar-refractivity contribution in [3.05, 3.63) is 48.9 Å². The summed E-state index contributed by atoms with van der Waals surface area (Å²) in [5.41, 5.74) is 9.44. The van der Waals surface area contributed by atoms with Gasteiger partial charge >= 0.3 is 0 Å². The summed E-state index contributed by atoms with van der Waals surface area (Å²) in [4.78, 5) is 20.2. The van der Waals surface area contributed by atoms with Crippen LogP contribution >= 0.6 is 0 Å². The van der Waals surface area contributed by atoms with E-state index < -0.39 is 0 Å². The van der Waals surface area contributed by atoms with E-state index in [1.165, 1.54) is 6.33 Å². The van der Waals surface area contributed by atoms with E-state index in [2.05, 4.69) is 52.4 Å². The van der Waals surface area contributed by atoms with Crippen LogP contribution in [-0.4, -0.2) is 46.2 Å². The van der Waals surface area contributed by atoms with Crippen LogP contribution in [0, 0.1) is 0 Å². The fourth-order valence-corrected chi connectivity index (χ4v) is 3.76. The first-order valence-corrected chi connectivity index (χ1v) is 9.81. The predicted molar refractivity (Wildman–Crippen MR) is 116 cm³/mol. The van der Waals surface area contributed by atoms with E-state index in [1.807, 2.05) is 18.3 Å². The van der Waals surface area contributed by atoms with Gasteiger partial charge in [-0.25, -0.2) is 19.9 Å². The van der Waals surface area contributed by atoms with Crippen molar-refractivity contribution in [2.75, 3.05) is 36.9 Å². The number of allylic oxidation sites excluding steroid dienone is 1. The van der Waals surface area contributed by atoms with Crippen LogP contribution in [-0.2, 0) is 10.2 Å². The number of rotatable bonds is 5. The number of hydrogen-bond donors (Lipinski definition) is 1. The molecule has 150 valence electrons. The molecule has 0 amide bonds. The number of aromatic nitrogens is 4. The Hall–Kier alpha value is -3.06. The Morgan fingerprint density at radius 1 is 1.21 bits per heavy atom. The summed E-state index contributed by atoms with van der Waals surface area (Å²) in [6.45, 7) is 11.4. The van der Waals surface area contributed by atoms with Gasteiger partial charge < -0.3 is 15.4 Å². The van der Waals surface area contributed by atoms with Crippen molar-refractivity contribution in [1.29, 1.82) is 0 Å². The molecule has 4 rings (SSSR count). The molecule has 4 heterocycles. The zero-order valence-corrected chi connectivity index (χ0v) is 16.9. The maximum Gasteiger partial charge on any atom is 0.165 e. The average molecular weight is 390 g/mol. The number of nitrogens with two attached hydrogens (primary N) is 1. The van der Waals surface area contributed by atoms with Crippen LogP contribution in [0.4, 0.5) is 11.6 Å². The minimum Gasteiger partial charge on any atom is -0.383 e. The molecule has 0 atom stereocenters. The highest BCUT2D eigenvalue weighted by Crippen LogP contribution is 2.36. The van der Waals surface area contributed by atoms with Crippen molar-refractivity contribution in [2.45, 2.75) is 25.7 Å². The van der Waals surface area contributed by atoms with Crippen molar-refractivity contribution in [3.63, 3.8) is 0 Å². The van der Waals surface area contributed by atoms with Gasteiger partial charge in [0.25, 0.3) is 0 Å². The maximum atomic E-state index is 6.20. The lowest BCUT2D eigenvalue weighted by Crippen LogP contribution is -2.36. The van der Waals surface area contributed by atoms with E-state index in [4.69, 9.17) is 15.5 Å². The molecule has 0 unspecified atom stereocenters. The molecule has 2 N–H and O–H groups in total. The van der Waals surface area contributed by atoms with Crippen LogP contribution < -0.4 is 10.6 Å². The molecule has 1 aliphatic rings. The quantitative estimate of drug-likeness (QED) is 0.668. The number of nitrogen functional groups attached to an aromatic ring is 1. The molecule has 1 saturated heterocycles. The maximum absolute atomic E-state index is 6.20.